The zero-order valence-corrected chi connectivity index (χ0v) is 8.66. The summed E-state index contributed by atoms with van der Waals surface area (Å²) < 4.78 is 16.0. The summed E-state index contributed by atoms with van der Waals surface area (Å²) >= 11 is 0. The van der Waals surface area contributed by atoms with Gasteiger partial charge in [-0.3, -0.25) is 0 Å². The molecule has 0 saturated carbocycles. The minimum atomic E-state index is -1.12. The van der Waals surface area contributed by atoms with E-state index in [0.29, 0.717) is 0 Å². The van der Waals surface area contributed by atoms with Gasteiger partial charge in [0.15, 0.2) is 12.1 Å². The maximum Gasteiger partial charge on any atom is 0.184 e. The van der Waals surface area contributed by atoms with E-state index in [2.05, 4.69) is 0 Å². The first-order valence-corrected chi connectivity index (χ1v) is 4.93. The summed E-state index contributed by atoms with van der Waals surface area (Å²) in [7, 11) is 0. The quantitative estimate of drug-likeness (QED) is 0.529. The van der Waals surface area contributed by atoms with Gasteiger partial charge in [-0.25, -0.2) is 0 Å². The molecule has 88 valence electrons. The van der Waals surface area contributed by atoms with E-state index < -0.39 is 43.1 Å². The van der Waals surface area contributed by atoms with Crippen LogP contribution in [0, 0.1) is 0 Å². The van der Waals surface area contributed by atoms with Gasteiger partial charge in [0.25, 0.3) is 0 Å². The second-order valence-corrected chi connectivity index (χ2v) is 4.31. The van der Waals surface area contributed by atoms with Crippen LogP contribution < -0.4 is 0 Å². The summed E-state index contributed by atoms with van der Waals surface area (Å²) in [5.41, 5.74) is 0. The van der Waals surface area contributed by atoms with Crippen molar-refractivity contribution < 1.29 is 29.5 Å². The molecule has 0 aromatic heterocycles. The molecular formula is C9H16O6. The Morgan fingerprint density at radius 1 is 1.27 bits per heavy atom. The molecular weight excluding hydrogens is 204 g/mol. The van der Waals surface area contributed by atoms with Crippen molar-refractivity contribution in [3.8, 4) is 0 Å². The number of fused-ring (bicyclic) bond motifs is 1. The van der Waals surface area contributed by atoms with E-state index in [-0.39, 0.29) is 0 Å². The highest BCUT2D eigenvalue weighted by Crippen LogP contribution is 2.38. The molecule has 0 unspecified atom stereocenters. The lowest BCUT2D eigenvalue weighted by molar-refractivity contribution is -0.231. The van der Waals surface area contributed by atoms with E-state index in [1.54, 1.807) is 13.8 Å². The van der Waals surface area contributed by atoms with Crippen LogP contribution in [0.2, 0.25) is 0 Å². The second kappa shape index (κ2) is 3.65. The Morgan fingerprint density at radius 3 is 2.47 bits per heavy atom. The molecule has 2 heterocycles. The minimum Gasteiger partial charge on any atom is -0.394 e. The van der Waals surface area contributed by atoms with Gasteiger partial charge in [0.05, 0.1) is 6.61 Å². The normalized spacial score (nSPS) is 45.4. The van der Waals surface area contributed by atoms with Crippen molar-refractivity contribution in [2.45, 2.75) is 50.3 Å². The highest BCUT2D eigenvalue weighted by molar-refractivity contribution is 4.97. The monoisotopic (exact) mass is 220 g/mol. The van der Waals surface area contributed by atoms with Crippen molar-refractivity contribution >= 4 is 0 Å². The lowest BCUT2D eigenvalue weighted by atomic mass is 10.1. The molecule has 2 aliphatic rings. The van der Waals surface area contributed by atoms with Crippen molar-refractivity contribution in [2.24, 2.45) is 0 Å². The van der Waals surface area contributed by atoms with Gasteiger partial charge in [-0.05, 0) is 13.8 Å². The Bertz CT molecular complexity index is 243. The third-order valence-electron chi connectivity index (χ3n) is 2.63. The van der Waals surface area contributed by atoms with Gasteiger partial charge in [-0.1, -0.05) is 0 Å². The van der Waals surface area contributed by atoms with Crippen LogP contribution >= 0.6 is 0 Å². The Balaban J connectivity index is 2.12. The Kier molecular flexibility index (Phi) is 2.74. The average molecular weight is 220 g/mol. The lowest BCUT2D eigenvalue weighted by Crippen LogP contribution is -2.40. The number of aliphatic hydroxyl groups is 3. The first kappa shape index (κ1) is 11.3. The molecule has 6 nitrogen and oxygen atoms in total. The molecule has 0 radical (unpaired) electrons. The number of hydrogen-bond acceptors (Lipinski definition) is 6. The van der Waals surface area contributed by atoms with Gasteiger partial charge in [-0.2, -0.15) is 0 Å². The number of aliphatic hydroxyl groups excluding tert-OH is 3. The van der Waals surface area contributed by atoms with E-state index in [9.17, 15) is 10.2 Å². The van der Waals surface area contributed by atoms with Crippen LogP contribution in [-0.2, 0) is 14.2 Å². The summed E-state index contributed by atoms with van der Waals surface area (Å²) in [6, 6.07) is 0. The summed E-state index contributed by atoms with van der Waals surface area (Å²) in [6.45, 7) is 3.01. The topological polar surface area (TPSA) is 88.4 Å². The predicted molar refractivity (Wildman–Crippen MR) is 47.8 cm³/mol. The van der Waals surface area contributed by atoms with Crippen molar-refractivity contribution in [2.75, 3.05) is 6.61 Å². The van der Waals surface area contributed by atoms with Crippen LogP contribution in [0.5, 0.6) is 0 Å². The van der Waals surface area contributed by atoms with Gasteiger partial charge < -0.3 is 29.5 Å². The summed E-state index contributed by atoms with van der Waals surface area (Å²) in [6.07, 6.45) is -4.10. The molecule has 2 fully saturated rings. The van der Waals surface area contributed by atoms with Gasteiger partial charge >= 0.3 is 0 Å². The smallest absolute Gasteiger partial charge is 0.184 e. The van der Waals surface area contributed by atoms with E-state index in [4.69, 9.17) is 19.3 Å². The van der Waals surface area contributed by atoms with Crippen LogP contribution in [0.25, 0.3) is 0 Å². The molecule has 2 saturated heterocycles. The van der Waals surface area contributed by atoms with E-state index in [1.165, 1.54) is 0 Å². The van der Waals surface area contributed by atoms with Gasteiger partial charge in [0.1, 0.15) is 24.4 Å². The van der Waals surface area contributed by atoms with Crippen LogP contribution in [0.15, 0.2) is 0 Å². The van der Waals surface area contributed by atoms with E-state index >= 15 is 0 Å². The molecule has 2 aliphatic heterocycles. The zero-order chi connectivity index (χ0) is 11.2. The molecule has 0 amide bonds. The fraction of sp³-hybridized carbons (Fsp3) is 1.00. The molecule has 5 atom stereocenters. The average Bonchev–Trinajstić information content (AvgIpc) is 2.61. The number of hydrogen-bond donors (Lipinski definition) is 3. The van der Waals surface area contributed by atoms with Crippen LogP contribution in [0.4, 0.5) is 0 Å². The van der Waals surface area contributed by atoms with E-state index in [1.807, 2.05) is 0 Å². The second-order valence-electron chi connectivity index (χ2n) is 4.31. The SMILES string of the molecule is CC1(C)O[C@@H]2[C@H]([C@H](O)CO)O[C@H](O)[C@H]2O1. The van der Waals surface area contributed by atoms with Crippen molar-refractivity contribution in [3.63, 3.8) is 0 Å². The zero-order valence-electron chi connectivity index (χ0n) is 8.66. The molecule has 6 heteroatoms. The summed E-state index contributed by atoms with van der Waals surface area (Å²) in [4.78, 5) is 0. The molecule has 15 heavy (non-hydrogen) atoms. The van der Waals surface area contributed by atoms with Crippen molar-refractivity contribution in [1.82, 2.24) is 0 Å². The highest BCUT2D eigenvalue weighted by Gasteiger charge is 2.56. The Hall–Kier alpha value is -0.240. The van der Waals surface area contributed by atoms with Gasteiger partial charge in [0.2, 0.25) is 0 Å². The molecule has 0 spiro atoms. The van der Waals surface area contributed by atoms with Gasteiger partial charge in [-0.15, -0.1) is 0 Å². The fourth-order valence-electron chi connectivity index (χ4n) is 2.02. The van der Waals surface area contributed by atoms with Gasteiger partial charge in [0, 0.05) is 0 Å². The number of ether oxygens (including phenoxy) is 3. The Labute approximate surface area is 87.4 Å². The predicted octanol–water partition coefficient (Wildman–Crippen LogP) is -1.42. The molecule has 3 N–H and O–H groups in total. The minimum absolute atomic E-state index is 0.440. The molecule has 0 aromatic rings. The van der Waals surface area contributed by atoms with Crippen LogP contribution in [0.1, 0.15) is 13.8 Å². The fourth-order valence-corrected chi connectivity index (χ4v) is 2.02. The molecule has 0 bridgehead atoms. The van der Waals surface area contributed by atoms with Crippen molar-refractivity contribution in [1.29, 1.82) is 0 Å². The molecule has 0 aromatic carbocycles. The maximum atomic E-state index is 9.53. The van der Waals surface area contributed by atoms with Crippen LogP contribution in [0.3, 0.4) is 0 Å². The first-order chi connectivity index (χ1) is 6.94. The third-order valence-corrected chi connectivity index (χ3v) is 2.63. The largest absolute Gasteiger partial charge is 0.394 e. The van der Waals surface area contributed by atoms with E-state index in [0.717, 1.165) is 0 Å². The Morgan fingerprint density at radius 2 is 1.87 bits per heavy atom. The molecule has 0 aliphatic carbocycles. The van der Waals surface area contributed by atoms with Crippen molar-refractivity contribution in [3.05, 3.63) is 0 Å². The lowest BCUT2D eigenvalue weighted by Gasteiger charge is -2.24. The van der Waals surface area contributed by atoms with Crippen LogP contribution in [-0.4, -0.2) is 58.4 Å². The molecule has 2 rings (SSSR count). The maximum absolute atomic E-state index is 9.53. The third kappa shape index (κ3) is 1.89. The number of rotatable bonds is 2. The first-order valence-electron chi connectivity index (χ1n) is 4.93. The standard InChI is InChI=1S/C9H16O6/c1-9(2)14-6-5(4(11)3-10)13-8(12)7(6)15-9/h4-8,10-12H,3H2,1-2H3/t4-,5+,6-,7+,8+/m1/s1. The summed E-state index contributed by atoms with van der Waals surface area (Å²) in [5.74, 6) is -0.798. The summed E-state index contributed by atoms with van der Waals surface area (Å²) in [5, 5.41) is 27.8. The highest BCUT2D eigenvalue weighted by atomic mass is 16.8.